The van der Waals surface area contributed by atoms with Crippen molar-refractivity contribution in [2.24, 2.45) is 0 Å². The number of hydrogen-bond donors (Lipinski definition) is 1. The summed E-state index contributed by atoms with van der Waals surface area (Å²) in [5.41, 5.74) is 2.46. The molecule has 0 radical (unpaired) electrons. The Morgan fingerprint density at radius 3 is 2.63 bits per heavy atom. The van der Waals surface area contributed by atoms with E-state index in [0.29, 0.717) is 4.70 Å². The van der Waals surface area contributed by atoms with Crippen LogP contribution >= 0.6 is 11.3 Å². The minimum Gasteiger partial charge on any atom is -0.304 e. The average Bonchev–Trinajstić information content (AvgIpc) is 3.28. The van der Waals surface area contributed by atoms with Gasteiger partial charge in [-0.25, -0.2) is 18.1 Å². The zero-order valence-electron chi connectivity index (χ0n) is 16.9. The highest BCUT2D eigenvalue weighted by Gasteiger charge is 2.18. The second-order valence-corrected chi connectivity index (χ2v) is 10.0. The van der Waals surface area contributed by atoms with Gasteiger partial charge in [-0.3, -0.25) is 9.36 Å². The van der Waals surface area contributed by atoms with E-state index in [4.69, 9.17) is 0 Å². The van der Waals surface area contributed by atoms with Crippen molar-refractivity contribution in [3.05, 3.63) is 75.9 Å². The maximum absolute atomic E-state index is 12.9. The maximum atomic E-state index is 12.9. The van der Waals surface area contributed by atoms with Gasteiger partial charge in [-0.05, 0) is 50.6 Å². The Morgan fingerprint density at radius 2 is 1.93 bits per heavy atom. The van der Waals surface area contributed by atoms with Gasteiger partial charge in [0.05, 0.1) is 20.8 Å². The first-order chi connectivity index (χ1) is 14.3. The number of nitrogens with one attached hydrogen (secondary N) is 1. The summed E-state index contributed by atoms with van der Waals surface area (Å²) in [7, 11) is -3.75. The molecule has 0 aliphatic heterocycles. The predicted octanol–water partition coefficient (Wildman–Crippen LogP) is 3.62. The van der Waals surface area contributed by atoms with Gasteiger partial charge < -0.3 is 4.57 Å². The quantitative estimate of drug-likeness (QED) is 0.494. The van der Waals surface area contributed by atoms with Crippen LogP contribution in [0, 0.1) is 6.92 Å². The number of aryl methyl sites for hydroxylation is 1. The van der Waals surface area contributed by atoms with Crippen LogP contribution in [-0.4, -0.2) is 22.5 Å². The monoisotopic (exact) mass is 442 g/mol. The first-order valence-electron chi connectivity index (χ1n) is 9.51. The lowest BCUT2D eigenvalue weighted by molar-refractivity contribution is 0.581. The Bertz CT molecular complexity index is 1380. The van der Waals surface area contributed by atoms with E-state index in [1.165, 1.54) is 0 Å². The van der Waals surface area contributed by atoms with Gasteiger partial charge in [0.25, 0.3) is 0 Å². The molecule has 7 nitrogen and oxygen atoms in total. The summed E-state index contributed by atoms with van der Waals surface area (Å²) in [5.74, 6) is 0.820. The van der Waals surface area contributed by atoms with Crippen LogP contribution in [-0.2, 0) is 16.6 Å². The van der Waals surface area contributed by atoms with Crippen molar-refractivity contribution in [3.63, 3.8) is 0 Å². The smallest absolute Gasteiger partial charge is 0.304 e. The maximum Gasteiger partial charge on any atom is 0.308 e. The Balaban J connectivity index is 1.64. The van der Waals surface area contributed by atoms with Gasteiger partial charge in [0.2, 0.25) is 10.0 Å². The fraction of sp³-hybridized carbons (Fsp3) is 0.238. The molecule has 9 heteroatoms. The molecule has 0 aliphatic carbocycles. The third-order valence-electron chi connectivity index (χ3n) is 4.94. The van der Waals surface area contributed by atoms with E-state index in [0.717, 1.165) is 33.9 Å². The standard InChI is InChI=1S/C21H22N4O3S2/c1-14(2)25-19-9-8-17(12-20(19)29-21(25)26)30(27,28)23-13-16-6-4-5-7-18(16)24-11-10-22-15(24)3/h4-12,14,23H,13H2,1-3H3. The van der Waals surface area contributed by atoms with Crippen molar-refractivity contribution in [1.82, 2.24) is 18.8 Å². The van der Waals surface area contributed by atoms with Crippen molar-refractivity contribution >= 4 is 31.6 Å². The number of nitrogens with zero attached hydrogens (tertiary/aromatic N) is 3. The van der Waals surface area contributed by atoms with Crippen LogP contribution in [0.4, 0.5) is 0 Å². The fourth-order valence-corrected chi connectivity index (χ4v) is 5.62. The molecule has 0 fully saturated rings. The van der Waals surface area contributed by atoms with Crippen LogP contribution in [0.25, 0.3) is 15.9 Å². The molecule has 30 heavy (non-hydrogen) atoms. The van der Waals surface area contributed by atoms with E-state index in [-0.39, 0.29) is 22.4 Å². The van der Waals surface area contributed by atoms with Gasteiger partial charge >= 0.3 is 4.87 Å². The molecule has 0 spiro atoms. The number of thiazole rings is 1. The molecular weight excluding hydrogens is 420 g/mol. The molecule has 0 saturated heterocycles. The third kappa shape index (κ3) is 3.71. The van der Waals surface area contributed by atoms with Crippen molar-refractivity contribution in [2.45, 2.75) is 38.3 Å². The van der Waals surface area contributed by atoms with Crippen LogP contribution in [0.3, 0.4) is 0 Å². The summed E-state index contributed by atoms with van der Waals surface area (Å²) in [6.07, 6.45) is 3.55. The van der Waals surface area contributed by atoms with Crippen molar-refractivity contribution in [3.8, 4) is 5.69 Å². The molecule has 0 aliphatic rings. The van der Waals surface area contributed by atoms with Crippen LogP contribution < -0.4 is 9.60 Å². The fourth-order valence-electron chi connectivity index (χ4n) is 3.46. The molecule has 2 aromatic heterocycles. The number of para-hydroxylation sites is 1. The van der Waals surface area contributed by atoms with Gasteiger partial charge in [0.1, 0.15) is 5.82 Å². The van der Waals surface area contributed by atoms with E-state index < -0.39 is 10.0 Å². The van der Waals surface area contributed by atoms with Crippen LogP contribution in [0.2, 0.25) is 0 Å². The summed E-state index contributed by atoms with van der Waals surface area (Å²) >= 11 is 1.06. The second kappa shape index (κ2) is 7.82. The molecule has 4 rings (SSSR count). The lowest BCUT2D eigenvalue weighted by atomic mass is 10.2. The first-order valence-corrected chi connectivity index (χ1v) is 11.8. The van der Waals surface area contributed by atoms with E-state index in [9.17, 15) is 13.2 Å². The van der Waals surface area contributed by atoms with Crippen LogP contribution in [0.15, 0.2) is 64.5 Å². The molecule has 0 unspecified atom stereocenters. The highest BCUT2D eigenvalue weighted by atomic mass is 32.2. The van der Waals surface area contributed by atoms with Crippen LogP contribution in [0.5, 0.6) is 0 Å². The molecule has 0 saturated carbocycles. The van der Waals surface area contributed by atoms with E-state index in [1.54, 1.807) is 29.0 Å². The number of benzene rings is 2. The van der Waals surface area contributed by atoms with Crippen molar-refractivity contribution < 1.29 is 8.42 Å². The SMILES string of the molecule is Cc1nccn1-c1ccccc1CNS(=O)(=O)c1ccc2c(c1)sc(=O)n2C(C)C. The average molecular weight is 443 g/mol. The number of sulfonamides is 1. The molecule has 156 valence electrons. The molecule has 2 aromatic carbocycles. The zero-order chi connectivity index (χ0) is 21.5. The lowest BCUT2D eigenvalue weighted by Crippen LogP contribution is -2.24. The van der Waals surface area contributed by atoms with Crippen molar-refractivity contribution in [1.29, 1.82) is 0 Å². The number of rotatable bonds is 6. The van der Waals surface area contributed by atoms with E-state index in [2.05, 4.69) is 9.71 Å². The molecular formula is C21H22N4O3S2. The lowest BCUT2D eigenvalue weighted by Gasteiger charge is -2.13. The molecule has 0 amide bonds. The van der Waals surface area contributed by atoms with Gasteiger partial charge in [-0.2, -0.15) is 0 Å². The number of imidazole rings is 1. The minimum absolute atomic E-state index is 0.00923. The van der Waals surface area contributed by atoms with E-state index >= 15 is 0 Å². The number of aromatic nitrogens is 3. The summed E-state index contributed by atoms with van der Waals surface area (Å²) < 4.78 is 32.8. The Morgan fingerprint density at radius 1 is 1.17 bits per heavy atom. The van der Waals surface area contributed by atoms with Gasteiger partial charge in [-0.1, -0.05) is 29.5 Å². The molecule has 4 aromatic rings. The van der Waals surface area contributed by atoms with Crippen molar-refractivity contribution in [2.75, 3.05) is 0 Å². The summed E-state index contributed by atoms with van der Waals surface area (Å²) in [6, 6.07) is 12.4. The first kappa shape index (κ1) is 20.5. The number of hydrogen-bond acceptors (Lipinski definition) is 5. The number of fused-ring (bicyclic) bond motifs is 1. The highest BCUT2D eigenvalue weighted by molar-refractivity contribution is 7.89. The molecule has 2 heterocycles. The predicted molar refractivity (Wildman–Crippen MR) is 119 cm³/mol. The van der Waals surface area contributed by atoms with Crippen LogP contribution in [0.1, 0.15) is 31.3 Å². The highest BCUT2D eigenvalue weighted by Crippen LogP contribution is 2.24. The zero-order valence-corrected chi connectivity index (χ0v) is 18.5. The normalized spacial score (nSPS) is 12.1. The third-order valence-corrected chi connectivity index (χ3v) is 7.26. The Labute approximate surface area is 178 Å². The summed E-state index contributed by atoms with van der Waals surface area (Å²) in [4.78, 5) is 16.5. The van der Waals surface area contributed by atoms with Gasteiger partial charge in [-0.15, -0.1) is 0 Å². The summed E-state index contributed by atoms with van der Waals surface area (Å²) in [5, 5.41) is 0. The van der Waals surface area contributed by atoms with Gasteiger partial charge in [0.15, 0.2) is 0 Å². The topological polar surface area (TPSA) is 86.0 Å². The second-order valence-electron chi connectivity index (χ2n) is 7.26. The Kier molecular flexibility index (Phi) is 5.35. The van der Waals surface area contributed by atoms with E-state index in [1.807, 2.05) is 55.8 Å². The largest absolute Gasteiger partial charge is 0.308 e. The molecule has 0 bridgehead atoms. The molecule has 0 atom stereocenters. The summed E-state index contributed by atoms with van der Waals surface area (Å²) in [6.45, 7) is 5.89. The molecule has 1 N–H and O–H groups in total. The van der Waals surface area contributed by atoms with Gasteiger partial charge in [0, 0.05) is 25.0 Å². The Hall–Kier alpha value is -2.75. The minimum atomic E-state index is -3.75.